The van der Waals surface area contributed by atoms with Crippen molar-refractivity contribution in [3.05, 3.63) is 51.7 Å². The maximum Gasteiger partial charge on any atom is 0.270 e. The zero-order valence-corrected chi connectivity index (χ0v) is 15.9. The Labute approximate surface area is 157 Å². The van der Waals surface area contributed by atoms with Gasteiger partial charge in [0.15, 0.2) is 0 Å². The van der Waals surface area contributed by atoms with Crippen LogP contribution in [0.25, 0.3) is 0 Å². The van der Waals surface area contributed by atoms with Crippen LogP contribution >= 0.6 is 11.3 Å². The molecule has 0 spiro atoms. The van der Waals surface area contributed by atoms with Crippen LogP contribution in [0.1, 0.15) is 47.7 Å². The van der Waals surface area contributed by atoms with Crippen molar-refractivity contribution in [2.75, 3.05) is 6.54 Å². The van der Waals surface area contributed by atoms with Gasteiger partial charge in [0.1, 0.15) is 16.5 Å². The number of carbonyl (C=O) groups is 2. The van der Waals surface area contributed by atoms with Gasteiger partial charge in [0.2, 0.25) is 5.91 Å². The van der Waals surface area contributed by atoms with E-state index in [2.05, 4.69) is 15.6 Å². The van der Waals surface area contributed by atoms with Crippen molar-refractivity contribution in [3.8, 4) is 0 Å². The molecule has 0 aliphatic carbocycles. The van der Waals surface area contributed by atoms with Gasteiger partial charge in [-0.05, 0) is 24.5 Å². The maximum absolute atomic E-state index is 13.5. The van der Waals surface area contributed by atoms with Gasteiger partial charge in [-0.25, -0.2) is 9.37 Å². The van der Waals surface area contributed by atoms with E-state index in [1.807, 2.05) is 13.8 Å². The van der Waals surface area contributed by atoms with Crippen LogP contribution in [0.3, 0.4) is 0 Å². The van der Waals surface area contributed by atoms with Crippen LogP contribution in [0.4, 0.5) is 4.39 Å². The minimum atomic E-state index is -0.297. The fraction of sp³-hybridized carbons (Fsp3) is 0.421. The van der Waals surface area contributed by atoms with Crippen molar-refractivity contribution in [3.63, 3.8) is 0 Å². The lowest BCUT2D eigenvalue weighted by Gasteiger charge is -2.09. The van der Waals surface area contributed by atoms with E-state index >= 15 is 0 Å². The molecule has 5 nitrogen and oxygen atoms in total. The second kappa shape index (κ2) is 10.0. The van der Waals surface area contributed by atoms with Gasteiger partial charge in [-0.2, -0.15) is 0 Å². The Hall–Kier alpha value is -2.28. The fourth-order valence-corrected chi connectivity index (χ4v) is 3.21. The van der Waals surface area contributed by atoms with Crippen molar-refractivity contribution in [2.24, 2.45) is 5.92 Å². The van der Waals surface area contributed by atoms with E-state index in [9.17, 15) is 14.0 Å². The summed E-state index contributed by atoms with van der Waals surface area (Å²) < 4.78 is 13.5. The lowest BCUT2D eigenvalue weighted by atomic mass is 10.1. The first kappa shape index (κ1) is 20.0. The quantitative estimate of drug-likeness (QED) is 0.704. The molecule has 2 N–H and O–H groups in total. The van der Waals surface area contributed by atoms with E-state index in [1.165, 1.54) is 17.4 Å². The highest BCUT2D eigenvalue weighted by molar-refractivity contribution is 7.09. The number of hydrogen-bond acceptors (Lipinski definition) is 4. The lowest BCUT2D eigenvalue weighted by Crippen LogP contribution is -2.29. The molecule has 1 heterocycles. The van der Waals surface area contributed by atoms with E-state index in [-0.39, 0.29) is 23.5 Å². The van der Waals surface area contributed by atoms with Gasteiger partial charge in [-0.3, -0.25) is 9.59 Å². The minimum absolute atomic E-state index is 0.00191. The first-order valence-electron chi connectivity index (χ1n) is 8.75. The molecule has 1 aromatic heterocycles. The molecule has 7 heteroatoms. The largest absolute Gasteiger partial charge is 0.350 e. The van der Waals surface area contributed by atoms with Gasteiger partial charge in [-0.15, -0.1) is 11.3 Å². The third-order valence-corrected chi connectivity index (χ3v) is 4.85. The van der Waals surface area contributed by atoms with Crippen molar-refractivity contribution in [2.45, 2.75) is 39.7 Å². The topological polar surface area (TPSA) is 71.1 Å². The molecule has 1 aromatic carbocycles. The Morgan fingerprint density at radius 3 is 2.77 bits per heavy atom. The van der Waals surface area contributed by atoms with Gasteiger partial charge in [0, 0.05) is 17.8 Å². The van der Waals surface area contributed by atoms with Crippen LogP contribution in [0.5, 0.6) is 0 Å². The highest BCUT2D eigenvalue weighted by Gasteiger charge is 2.14. The fourth-order valence-electron chi connectivity index (χ4n) is 2.50. The van der Waals surface area contributed by atoms with Crippen LogP contribution in [-0.4, -0.2) is 23.3 Å². The molecule has 1 unspecified atom stereocenters. The Bertz CT molecular complexity index is 748. The second-order valence-electron chi connectivity index (χ2n) is 6.13. The summed E-state index contributed by atoms with van der Waals surface area (Å²) in [5.74, 6) is -0.598. The van der Waals surface area contributed by atoms with Gasteiger partial charge >= 0.3 is 0 Å². The molecule has 26 heavy (non-hydrogen) atoms. The molecule has 2 amide bonds. The smallest absolute Gasteiger partial charge is 0.270 e. The second-order valence-corrected chi connectivity index (χ2v) is 7.07. The number of aromatic nitrogens is 1. The van der Waals surface area contributed by atoms with Gasteiger partial charge in [-0.1, -0.05) is 38.5 Å². The molecule has 2 aromatic rings. The zero-order chi connectivity index (χ0) is 18.9. The predicted molar refractivity (Wildman–Crippen MR) is 100 cm³/mol. The number of amides is 2. The number of hydrogen-bond donors (Lipinski definition) is 2. The number of nitrogens with zero attached hydrogens (tertiary/aromatic N) is 1. The number of nitrogens with one attached hydrogen (secondary N) is 2. The van der Waals surface area contributed by atoms with Gasteiger partial charge < -0.3 is 10.6 Å². The number of halogens is 1. The molecule has 140 valence electrons. The van der Waals surface area contributed by atoms with Crippen LogP contribution < -0.4 is 10.6 Å². The Morgan fingerprint density at radius 1 is 1.27 bits per heavy atom. The van der Waals surface area contributed by atoms with Crippen molar-refractivity contribution < 1.29 is 14.0 Å². The molecule has 0 fully saturated rings. The van der Waals surface area contributed by atoms with E-state index in [4.69, 9.17) is 0 Å². The average molecular weight is 377 g/mol. The van der Waals surface area contributed by atoms with Crippen molar-refractivity contribution in [1.82, 2.24) is 15.6 Å². The molecule has 1 atom stereocenters. The van der Waals surface area contributed by atoms with Crippen molar-refractivity contribution in [1.29, 1.82) is 0 Å². The normalized spacial score (nSPS) is 11.8. The highest BCUT2D eigenvalue weighted by atomic mass is 32.1. The Morgan fingerprint density at radius 2 is 2.04 bits per heavy atom. The molecule has 0 aliphatic heterocycles. The molecule has 0 bridgehead atoms. The van der Waals surface area contributed by atoms with Crippen LogP contribution in [0.2, 0.25) is 0 Å². The number of thiazole rings is 1. The van der Waals surface area contributed by atoms with E-state index < -0.39 is 0 Å². The Balaban J connectivity index is 1.78. The molecule has 0 aliphatic rings. The first-order valence-corrected chi connectivity index (χ1v) is 9.63. The minimum Gasteiger partial charge on any atom is -0.350 e. The summed E-state index contributed by atoms with van der Waals surface area (Å²) >= 11 is 1.33. The summed E-state index contributed by atoms with van der Waals surface area (Å²) in [5, 5.41) is 7.93. The lowest BCUT2D eigenvalue weighted by molar-refractivity contribution is -0.124. The number of benzene rings is 1. The zero-order valence-electron chi connectivity index (χ0n) is 15.0. The third kappa shape index (κ3) is 5.91. The SMILES string of the molecule is CCCC(C)C(=O)NCc1nc(C(=O)NCCc2ccccc2F)cs1. The van der Waals surface area contributed by atoms with Gasteiger partial charge in [0.05, 0.1) is 6.54 Å². The summed E-state index contributed by atoms with van der Waals surface area (Å²) in [7, 11) is 0. The average Bonchev–Trinajstić information content (AvgIpc) is 3.10. The van der Waals surface area contributed by atoms with E-state index in [0.717, 1.165) is 12.8 Å². The number of rotatable bonds is 9. The van der Waals surface area contributed by atoms with E-state index in [0.29, 0.717) is 35.8 Å². The molecule has 0 saturated carbocycles. The van der Waals surface area contributed by atoms with Crippen molar-refractivity contribution >= 4 is 23.2 Å². The van der Waals surface area contributed by atoms with Crippen LogP contribution in [-0.2, 0) is 17.8 Å². The maximum atomic E-state index is 13.5. The molecular formula is C19H24FN3O2S. The molecule has 2 rings (SSSR count). The monoisotopic (exact) mass is 377 g/mol. The predicted octanol–water partition coefficient (Wildman–Crippen LogP) is 3.31. The molecular weight excluding hydrogens is 353 g/mol. The first-order chi connectivity index (χ1) is 12.5. The van der Waals surface area contributed by atoms with E-state index in [1.54, 1.807) is 23.6 Å². The third-order valence-electron chi connectivity index (χ3n) is 4.01. The Kier molecular flexibility index (Phi) is 7.72. The highest BCUT2D eigenvalue weighted by Crippen LogP contribution is 2.11. The van der Waals surface area contributed by atoms with Gasteiger partial charge in [0.25, 0.3) is 5.91 Å². The standard InChI is InChI=1S/C19H24FN3O2S/c1-3-6-13(2)18(24)22-11-17-23-16(12-26-17)19(25)21-10-9-14-7-4-5-8-15(14)20/h4-5,7-8,12-13H,3,6,9-11H2,1-2H3,(H,21,25)(H,22,24). The summed E-state index contributed by atoms with van der Waals surface area (Å²) in [6, 6.07) is 6.50. The van der Waals surface area contributed by atoms with Crippen LogP contribution in [0, 0.1) is 11.7 Å². The molecule has 0 saturated heterocycles. The van der Waals surface area contributed by atoms with Crippen LogP contribution in [0.15, 0.2) is 29.6 Å². The summed E-state index contributed by atoms with van der Waals surface area (Å²) in [4.78, 5) is 28.3. The summed E-state index contributed by atoms with van der Waals surface area (Å²) in [6.45, 7) is 4.59. The number of carbonyl (C=O) groups excluding carboxylic acids is 2. The summed E-state index contributed by atoms with van der Waals surface area (Å²) in [6.07, 6.45) is 2.23. The molecule has 0 radical (unpaired) electrons. The summed E-state index contributed by atoms with van der Waals surface area (Å²) in [5.41, 5.74) is 0.880.